The Morgan fingerprint density at radius 1 is 1.58 bits per heavy atom. The highest BCUT2D eigenvalue weighted by atomic mass is 35.5. The van der Waals surface area contributed by atoms with Crippen LogP contribution in [0.5, 0.6) is 0 Å². The predicted octanol–water partition coefficient (Wildman–Crippen LogP) is 3.10. The Morgan fingerprint density at radius 2 is 2.26 bits per heavy atom. The number of rotatable bonds is 3. The van der Waals surface area contributed by atoms with E-state index < -0.39 is 4.92 Å². The summed E-state index contributed by atoms with van der Waals surface area (Å²) in [4.78, 5) is 23.8. The summed E-state index contributed by atoms with van der Waals surface area (Å²) in [7, 11) is 0. The molecule has 0 saturated carbocycles. The van der Waals surface area contributed by atoms with Crippen LogP contribution in [0.3, 0.4) is 0 Å². The van der Waals surface area contributed by atoms with Crippen molar-refractivity contribution < 1.29 is 9.72 Å². The number of carbonyl (C=O) groups is 1. The van der Waals surface area contributed by atoms with Gasteiger partial charge in [0.15, 0.2) is 0 Å². The number of benzene rings is 1. The quantitative estimate of drug-likeness (QED) is 0.485. The minimum Gasteiger partial charge on any atom is -0.311 e. The predicted molar refractivity (Wildman–Crippen MR) is 73.5 cm³/mol. The molecule has 0 spiro atoms. The highest BCUT2D eigenvalue weighted by molar-refractivity contribution is 6.33. The highest BCUT2D eigenvalue weighted by Gasteiger charge is 2.30. The molecule has 1 aromatic carbocycles. The van der Waals surface area contributed by atoms with Crippen molar-refractivity contribution in [3.63, 3.8) is 0 Å². The van der Waals surface area contributed by atoms with Crippen LogP contribution in [-0.2, 0) is 4.79 Å². The zero-order valence-corrected chi connectivity index (χ0v) is 11.2. The van der Waals surface area contributed by atoms with E-state index in [0.29, 0.717) is 24.2 Å². The van der Waals surface area contributed by atoms with Gasteiger partial charge in [-0.3, -0.25) is 14.9 Å². The molecular formula is C13H13ClN2O3. The minimum atomic E-state index is -0.530. The number of hydrogen-bond acceptors (Lipinski definition) is 3. The number of halogens is 1. The highest BCUT2D eigenvalue weighted by Crippen LogP contribution is 2.35. The molecule has 19 heavy (non-hydrogen) atoms. The summed E-state index contributed by atoms with van der Waals surface area (Å²) >= 11 is 5.89. The lowest BCUT2D eigenvalue weighted by Crippen LogP contribution is -2.25. The fourth-order valence-corrected chi connectivity index (χ4v) is 2.44. The van der Waals surface area contributed by atoms with Crippen LogP contribution >= 0.6 is 11.6 Å². The number of nitro groups is 1. The van der Waals surface area contributed by atoms with Crippen LogP contribution in [0.4, 0.5) is 11.4 Å². The molecule has 6 heteroatoms. The molecule has 2 rings (SSSR count). The maximum Gasteiger partial charge on any atom is 0.288 e. The first-order valence-corrected chi connectivity index (χ1v) is 6.19. The Hall–Kier alpha value is -1.88. The van der Waals surface area contributed by atoms with Crippen LogP contribution in [0.2, 0.25) is 5.02 Å². The second-order valence-electron chi connectivity index (χ2n) is 4.55. The van der Waals surface area contributed by atoms with Gasteiger partial charge in [0.1, 0.15) is 5.02 Å². The minimum absolute atomic E-state index is 0.0158. The van der Waals surface area contributed by atoms with Crippen LogP contribution in [-0.4, -0.2) is 17.4 Å². The van der Waals surface area contributed by atoms with E-state index in [2.05, 4.69) is 6.58 Å². The topological polar surface area (TPSA) is 63.5 Å². The van der Waals surface area contributed by atoms with Crippen LogP contribution in [0.15, 0.2) is 24.8 Å². The van der Waals surface area contributed by atoms with Crippen molar-refractivity contribution in [2.75, 3.05) is 11.4 Å². The maximum atomic E-state index is 11.9. The van der Waals surface area contributed by atoms with Crippen LogP contribution in [0.25, 0.3) is 0 Å². The number of carbonyl (C=O) groups excluding carboxylic acids is 1. The fraction of sp³-hybridized carbons (Fsp3) is 0.308. The first-order chi connectivity index (χ1) is 8.93. The molecule has 1 heterocycles. The van der Waals surface area contributed by atoms with Gasteiger partial charge >= 0.3 is 0 Å². The lowest BCUT2D eigenvalue weighted by Gasteiger charge is -2.19. The Labute approximate surface area is 115 Å². The van der Waals surface area contributed by atoms with Gasteiger partial charge in [-0.05, 0) is 18.6 Å². The van der Waals surface area contributed by atoms with E-state index in [1.54, 1.807) is 17.9 Å². The van der Waals surface area contributed by atoms with Gasteiger partial charge in [-0.1, -0.05) is 17.7 Å². The third-order valence-electron chi connectivity index (χ3n) is 3.24. The van der Waals surface area contributed by atoms with Gasteiger partial charge < -0.3 is 4.90 Å². The monoisotopic (exact) mass is 280 g/mol. The number of amides is 1. The average molecular weight is 281 g/mol. The molecule has 0 bridgehead atoms. The summed E-state index contributed by atoms with van der Waals surface area (Å²) in [6.07, 6.45) is 2.16. The summed E-state index contributed by atoms with van der Waals surface area (Å²) in [6, 6.07) is 2.88. The molecule has 0 aliphatic carbocycles. The van der Waals surface area contributed by atoms with Crippen molar-refractivity contribution in [3.8, 4) is 0 Å². The van der Waals surface area contributed by atoms with E-state index in [0.717, 1.165) is 0 Å². The van der Waals surface area contributed by atoms with Crippen LogP contribution in [0.1, 0.15) is 12.0 Å². The van der Waals surface area contributed by atoms with Crippen molar-refractivity contribution in [3.05, 3.63) is 45.5 Å². The van der Waals surface area contributed by atoms with Gasteiger partial charge in [0, 0.05) is 30.6 Å². The molecular weight excluding hydrogens is 268 g/mol. The molecule has 0 N–H and O–H groups in total. The van der Waals surface area contributed by atoms with E-state index in [4.69, 9.17) is 11.6 Å². The van der Waals surface area contributed by atoms with Crippen LogP contribution in [0, 0.1) is 23.0 Å². The first kappa shape index (κ1) is 13.5. The Morgan fingerprint density at radius 3 is 2.79 bits per heavy atom. The van der Waals surface area contributed by atoms with E-state index in [1.807, 2.05) is 0 Å². The summed E-state index contributed by atoms with van der Waals surface area (Å²) in [5, 5.41) is 10.8. The van der Waals surface area contributed by atoms with Crippen molar-refractivity contribution in [2.45, 2.75) is 13.3 Å². The zero-order chi connectivity index (χ0) is 14.2. The Balaban J connectivity index is 2.41. The molecule has 1 atom stereocenters. The average Bonchev–Trinajstić information content (AvgIpc) is 2.72. The molecule has 1 aromatic rings. The third kappa shape index (κ3) is 2.46. The zero-order valence-electron chi connectivity index (χ0n) is 10.4. The van der Waals surface area contributed by atoms with E-state index in [-0.39, 0.29) is 22.5 Å². The summed E-state index contributed by atoms with van der Waals surface area (Å²) in [5.41, 5.74) is 1.15. The van der Waals surface area contributed by atoms with Gasteiger partial charge in [-0.2, -0.15) is 0 Å². The van der Waals surface area contributed by atoms with E-state index in [9.17, 15) is 14.9 Å². The number of hydrogen-bond donors (Lipinski definition) is 0. The van der Waals surface area contributed by atoms with Crippen molar-refractivity contribution in [2.24, 2.45) is 5.92 Å². The third-order valence-corrected chi connectivity index (χ3v) is 3.54. The number of anilines is 1. The largest absolute Gasteiger partial charge is 0.311 e. The Bertz CT molecular complexity index is 571. The smallest absolute Gasteiger partial charge is 0.288 e. The molecule has 1 aliphatic rings. The molecule has 0 aromatic heterocycles. The standard InChI is InChI=1S/C13H13ClN2O3/c1-3-9-5-13(17)15(7-9)11-6-10(14)12(16(18)19)4-8(11)2/h3-4,6,9H,1,5,7H2,2H3. The summed E-state index contributed by atoms with van der Waals surface area (Å²) < 4.78 is 0. The maximum absolute atomic E-state index is 11.9. The van der Waals surface area contributed by atoms with Gasteiger partial charge in [-0.15, -0.1) is 6.58 Å². The van der Waals surface area contributed by atoms with Gasteiger partial charge in [-0.25, -0.2) is 0 Å². The van der Waals surface area contributed by atoms with E-state index >= 15 is 0 Å². The molecule has 5 nitrogen and oxygen atoms in total. The number of nitro benzene ring substituents is 1. The molecule has 1 unspecified atom stereocenters. The fourth-order valence-electron chi connectivity index (χ4n) is 2.21. The summed E-state index contributed by atoms with van der Waals surface area (Å²) in [6.45, 7) is 5.96. The number of nitrogens with zero attached hydrogens (tertiary/aromatic N) is 2. The van der Waals surface area contributed by atoms with Crippen molar-refractivity contribution in [1.29, 1.82) is 0 Å². The van der Waals surface area contributed by atoms with E-state index in [1.165, 1.54) is 12.1 Å². The molecule has 1 amide bonds. The van der Waals surface area contributed by atoms with Gasteiger partial charge in [0.25, 0.3) is 5.69 Å². The SMILES string of the molecule is C=CC1CC(=O)N(c2cc(Cl)c([N+](=O)[O-])cc2C)C1. The van der Waals surface area contributed by atoms with Gasteiger partial charge in [0.2, 0.25) is 5.91 Å². The Kier molecular flexibility index (Phi) is 3.57. The second-order valence-corrected chi connectivity index (χ2v) is 4.96. The van der Waals surface area contributed by atoms with Crippen molar-refractivity contribution in [1.82, 2.24) is 0 Å². The first-order valence-electron chi connectivity index (χ1n) is 5.81. The molecule has 0 radical (unpaired) electrons. The van der Waals surface area contributed by atoms with Crippen molar-refractivity contribution >= 4 is 28.9 Å². The van der Waals surface area contributed by atoms with Gasteiger partial charge in [0.05, 0.1) is 4.92 Å². The lowest BCUT2D eigenvalue weighted by molar-refractivity contribution is -0.384. The second kappa shape index (κ2) is 5.01. The lowest BCUT2D eigenvalue weighted by atomic mass is 10.1. The number of aryl methyl sites for hydroxylation is 1. The normalized spacial score (nSPS) is 18.7. The molecule has 100 valence electrons. The van der Waals surface area contributed by atoms with Crippen LogP contribution < -0.4 is 4.90 Å². The molecule has 1 fully saturated rings. The summed E-state index contributed by atoms with van der Waals surface area (Å²) in [5.74, 6) is 0.0961. The molecule has 1 aliphatic heterocycles. The molecule has 1 saturated heterocycles.